The molecule has 1 aromatic heterocycles. The number of aryl methyl sites for hydroxylation is 1. The Morgan fingerprint density at radius 2 is 1.82 bits per heavy atom. The van der Waals surface area contributed by atoms with E-state index in [0.717, 1.165) is 54.0 Å². The van der Waals surface area contributed by atoms with Crippen LogP contribution in [0.15, 0.2) is 48.5 Å². The number of hydrogen-bond donors (Lipinski definition) is 0. The second-order valence-corrected chi connectivity index (χ2v) is 13.4. The summed E-state index contributed by atoms with van der Waals surface area (Å²) < 4.78 is 1.90. The topological polar surface area (TPSA) is 58.4 Å². The number of halogens is 1. The van der Waals surface area contributed by atoms with Crippen molar-refractivity contribution in [2.75, 3.05) is 30.3 Å². The van der Waals surface area contributed by atoms with Gasteiger partial charge in [-0.05, 0) is 55.0 Å². The minimum atomic E-state index is -0.304. The number of nitrogens with zero attached hydrogens (tertiary/aromatic N) is 4. The highest BCUT2D eigenvalue weighted by atomic mass is 35.5. The minimum Gasteiger partial charge on any atom is -0.341 e. The number of carbonyl (C=O) groups is 2. The van der Waals surface area contributed by atoms with Gasteiger partial charge in [0.2, 0.25) is 11.8 Å². The largest absolute Gasteiger partial charge is 0.341 e. The maximum atomic E-state index is 13.9. The molecule has 0 saturated carbocycles. The number of thioether (sulfide) groups is 1. The molecule has 2 aliphatic rings. The first-order valence-corrected chi connectivity index (χ1v) is 15.1. The highest BCUT2D eigenvalue weighted by molar-refractivity contribution is 8.00. The summed E-state index contributed by atoms with van der Waals surface area (Å²) in [5.74, 6) is 1.47. The number of likely N-dealkylation sites (tertiary alicyclic amines) is 1. The van der Waals surface area contributed by atoms with Gasteiger partial charge < -0.3 is 4.90 Å². The molecule has 0 radical (unpaired) electrons. The second kappa shape index (κ2) is 11.0. The molecule has 0 aliphatic carbocycles. The Kier molecular flexibility index (Phi) is 7.84. The fraction of sp³-hybridized carbons (Fsp3) is 0.452. The summed E-state index contributed by atoms with van der Waals surface area (Å²) in [6.45, 7) is 12.2. The molecule has 39 heavy (non-hydrogen) atoms. The first-order chi connectivity index (χ1) is 18.5. The molecule has 3 aromatic rings. The lowest BCUT2D eigenvalue weighted by Gasteiger charge is -2.32. The van der Waals surface area contributed by atoms with Gasteiger partial charge in [0, 0.05) is 29.1 Å². The summed E-state index contributed by atoms with van der Waals surface area (Å²) in [6.07, 6.45) is 1.99. The van der Waals surface area contributed by atoms with Crippen molar-refractivity contribution in [1.82, 2.24) is 14.7 Å². The van der Waals surface area contributed by atoms with Crippen LogP contribution in [0.25, 0.3) is 5.69 Å². The smallest absolute Gasteiger partial charge is 0.242 e. The van der Waals surface area contributed by atoms with Crippen molar-refractivity contribution in [1.29, 1.82) is 0 Å². The van der Waals surface area contributed by atoms with E-state index in [0.29, 0.717) is 16.8 Å². The Bertz CT molecular complexity index is 1390. The van der Waals surface area contributed by atoms with Crippen molar-refractivity contribution < 1.29 is 9.59 Å². The highest BCUT2D eigenvalue weighted by Crippen LogP contribution is 2.48. The maximum absolute atomic E-state index is 13.9. The van der Waals surface area contributed by atoms with E-state index in [2.05, 4.69) is 33.8 Å². The van der Waals surface area contributed by atoms with Gasteiger partial charge in [-0.25, -0.2) is 4.68 Å². The van der Waals surface area contributed by atoms with Crippen LogP contribution >= 0.6 is 23.4 Å². The number of anilines is 1. The van der Waals surface area contributed by atoms with E-state index < -0.39 is 0 Å². The standard InChI is InChI=1S/C31H37ClN4O2S/c1-20-13-15-34(16-14-20)25(37)18-35-26(38)19-39-28(22-10-8-11-23(32)17-22)27-29(31(3,4)5)33-36(30(27)35)24-12-7-6-9-21(24)2/h6-12,17,20,28H,13-16,18-19H2,1-5H3/t28-/m0/s1. The quantitative estimate of drug-likeness (QED) is 0.360. The second-order valence-electron chi connectivity index (χ2n) is 11.8. The van der Waals surface area contributed by atoms with Crippen LogP contribution in [0.2, 0.25) is 5.02 Å². The number of amides is 2. The SMILES string of the molecule is Cc1ccccc1-n1nc(C(C)(C)C)c2c1N(CC(=O)N1CCC(C)CC1)C(=O)CS[C@H]2c1cccc(Cl)c1. The zero-order valence-electron chi connectivity index (χ0n) is 23.4. The number of aromatic nitrogens is 2. The zero-order chi connectivity index (χ0) is 27.9. The van der Waals surface area contributed by atoms with Gasteiger partial charge in [-0.2, -0.15) is 5.10 Å². The zero-order valence-corrected chi connectivity index (χ0v) is 25.0. The van der Waals surface area contributed by atoms with Crippen LogP contribution in [0.1, 0.15) is 68.2 Å². The van der Waals surface area contributed by atoms with Gasteiger partial charge in [0.15, 0.2) is 0 Å². The van der Waals surface area contributed by atoms with Gasteiger partial charge in [-0.15, -0.1) is 11.8 Å². The first kappa shape index (κ1) is 27.8. The Labute approximate surface area is 240 Å². The Hall–Kier alpha value is -2.77. The lowest BCUT2D eigenvalue weighted by atomic mass is 9.87. The third-order valence-electron chi connectivity index (χ3n) is 7.72. The van der Waals surface area contributed by atoms with E-state index in [-0.39, 0.29) is 34.8 Å². The molecule has 0 spiro atoms. The number of para-hydroxylation sites is 1. The molecule has 1 atom stereocenters. The molecule has 0 N–H and O–H groups in total. The van der Waals surface area contributed by atoms with Crippen LogP contribution < -0.4 is 4.90 Å². The van der Waals surface area contributed by atoms with E-state index in [1.165, 1.54) is 0 Å². The minimum absolute atomic E-state index is 0.00416. The molecule has 8 heteroatoms. The Morgan fingerprint density at radius 1 is 1.10 bits per heavy atom. The monoisotopic (exact) mass is 564 g/mol. The maximum Gasteiger partial charge on any atom is 0.242 e. The predicted octanol–water partition coefficient (Wildman–Crippen LogP) is 6.56. The number of carbonyl (C=O) groups excluding carboxylic acids is 2. The third kappa shape index (κ3) is 5.62. The van der Waals surface area contributed by atoms with Gasteiger partial charge in [0.1, 0.15) is 12.4 Å². The molecule has 0 bridgehead atoms. The summed E-state index contributed by atoms with van der Waals surface area (Å²) in [4.78, 5) is 31.1. The number of piperidine rings is 1. The number of hydrogen-bond acceptors (Lipinski definition) is 4. The van der Waals surface area contributed by atoms with E-state index in [1.807, 2.05) is 59.0 Å². The van der Waals surface area contributed by atoms with Crippen LogP contribution in [-0.2, 0) is 15.0 Å². The summed E-state index contributed by atoms with van der Waals surface area (Å²) in [5, 5.41) is 5.69. The van der Waals surface area contributed by atoms with Gasteiger partial charge >= 0.3 is 0 Å². The lowest BCUT2D eigenvalue weighted by Crippen LogP contribution is -2.46. The Balaban J connectivity index is 1.72. The molecule has 1 saturated heterocycles. The van der Waals surface area contributed by atoms with Gasteiger partial charge in [-0.3, -0.25) is 14.5 Å². The van der Waals surface area contributed by atoms with E-state index in [4.69, 9.17) is 16.7 Å². The van der Waals surface area contributed by atoms with Gasteiger partial charge in [-0.1, -0.05) is 69.6 Å². The number of benzene rings is 2. The average Bonchev–Trinajstić information content (AvgIpc) is 3.22. The number of fused-ring (bicyclic) bond motifs is 1. The van der Waals surface area contributed by atoms with Crippen molar-refractivity contribution in [3.05, 3.63) is 75.9 Å². The van der Waals surface area contributed by atoms with Crippen LogP contribution in [0.3, 0.4) is 0 Å². The summed E-state index contributed by atoms with van der Waals surface area (Å²) >= 11 is 8.03. The van der Waals surface area contributed by atoms with E-state index >= 15 is 0 Å². The van der Waals surface area contributed by atoms with Crippen LogP contribution in [0, 0.1) is 12.8 Å². The molecule has 206 valence electrons. The van der Waals surface area contributed by atoms with Crippen molar-refractivity contribution in [3.63, 3.8) is 0 Å². The number of rotatable bonds is 4. The first-order valence-electron chi connectivity index (χ1n) is 13.7. The van der Waals surface area contributed by atoms with Crippen LogP contribution in [0.4, 0.5) is 5.82 Å². The van der Waals surface area contributed by atoms with E-state index in [9.17, 15) is 9.59 Å². The van der Waals surface area contributed by atoms with E-state index in [1.54, 1.807) is 16.7 Å². The van der Waals surface area contributed by atoms with Crippen molar-refractivity contribution in [3.8, 4) is 5.69 Å². The molecule has 5 rings (SSSR count). The summed E-state index contributed by atoms with van der Waals surface area (Å²) in [6, 6.07) is 15.9. The molecule has 2 amide bonds. The van der Waals surface area contributed by atoms with Crippen LogP contribution in [0.5, 0.6) is 0 Å². The molecule has 6 nitrogen and oxygen atoms in total. The predicted molar refractivity (Wildman–Crippen MR) is 160 cm³/mol. The van der Waals surface area contributed by atoms with Crippen molar-refractivity contribution in [2.45, 2.75) is 58.1 Å². The fourth-order valence-electron chi connectivity index (χ4n) is 5.47. The molecular weight excluding hydrogens is 528 g/mol. The molecule has 3 heterocycles. The lowest BCUT2D eigenvalue weighted by molar-refractivity contribution is -0.132. The molecular formula is C31H37ClN4O2S. The molecule has 2 aliphatic heterocycles. The Morgan fingerprint density at radius 3 is 2.49 bits per heavy atom. The normalized spacial score (nSPS) is 18.7. The molecule has 1 fully saturated rings. The summed E-state index contributed by atoms with van der Waals surface area (Å²) in [7, 11) is 0. The molecule has 2 aromatic carbocycles. The van der Waals surface area contributed by atoms with Crippen LogP contribution in [-0.4, -0.2) is 51.9 Å². The van der Waals surface area contributed by atoms with Gasteiger partial charge in [0.25, 0.3) is 0 Å². The molecule has 0 unspecified atom stereocenters. The third-order valence-corrected chi connectivity index (χ3v) is 9.21. The fourth-order valence-corrected chi connectivity index (χ4v) is 6.85. The highest BCUT2D eigenvalue weighted by Gasteiger charge is 2.40. The van der Waals surface area contributed by atoms with Gasteiger partial charge in [0.05, 0.1) is 22.4 Å². The van der Waals surface area contributed by atoms with Crippen molar-refractivity contribution in [2.24, 2.45) is 5.92 Å². The summed E-state index contributed by atoms with van der Waals surface area (Å²) in [5.41, 5.74) is 4.55. The van der Waals surface area contributed by atoms with Crippen molar-refractivity contribution >= 4 is 41.0 Å². The average molecular weight is 565 g/mol.